The molecule has 506 valence electrons. The zero-order valence-electron chi connectivity index (χ0n) is 58.6. The van der Waals surface area contributed by atoms with Crippen LogP contribution in [-0.2, 0) is 49.0 Å². The van der Waals surface area contributed by atoms with E-state index in [4.69, 9.17) is 49.0 Å². The summed E-state index contributed by atoms with van der Waals surface area (Å²) in [5.41, 5.74) is 0. The lowest BCUT2D eigenvalue weighted by molar-refractivity contribution is 0.126. The zero-order chi connectivity index (χ0) is 61.9. The van der Waals surface area contributed by atoms with Gasteiger partial charge >= 0.3 is 42.8 Å². The normalized spacial score (nSPS) is 15.7. The molecular weight excluding hydrogens is 1130 g/mol. The highest BCUT2D eigenvalue weighted by Gasteiger charge is 2.58. The average Bonchev–Trinajstić information content (AvgIpc) is 2.26. The molecule has 0 aliphatic heterocycles. The fourth-order valence-electron chi connectivity index (χ4n) is 11.0. The molecule has 0 bridgehead atoms. The molecule has 4 atom stereocenters. The molecule has 84 heavy (non-hydrogen) atoms. The monoisotopic (exact) mass is 1280 g/mol. The van der Waals surface area contributed by atoms with Gasteiger partial charge in [-0.25, -0.2) is 0 Å². The van der Waals surface area contributed by atoms with Gasteiger partial charge in [0.15, 0.2) is 0 Å². The molecule has 4 unspecified atom stereocenters. The number of hydrogen-bond donors (Lipinski definition) is 0. The Morgan fingerprint density at radius 3 is 0.524 bits per heavy atom. The minimum atomic E-state index is -3.24. The van der Waals surface area contributed by atoms with Crippen molar-refractivity contribution in [2.75, 3.05) is 79.3 Å². The van der Waals surface area contributed by atoms with E-state index in [1.165, 1.54) is 0 Å². The highest BCUT2D eigenvalue weighted by Crippen LogP contribution is 2.44. The second-order valence-corrected chi connectivity index (χ2v) is 42.9. The summed E-state index contributed by atoms with van der Waals surface area (Å²) in [6.45, 7) is 37.3. The van der Waals surface area contributed by atoms with Crippen molar-refractivity contribution in [2.24, 2.45) is 0 Å². The first-order valence-corrected chi connectivity index (χ1v) is 48.2. The largest absolute Gasteiger partial charge is 0.415 e. The molecule has 0 aliphatic rings. The molecule has 0 amide bonds. The smallest absolute Gasteiger partial charge is 0.329 e. The first-order chi connectivity index (χ1) is 41.1. The van der Waals surface area contributed by atoms with E-state index in [1.54, 1.807) is 0 Å². The van der Waals surface area contributed by atoms with E-state index in [9.17, 15) is 0 Å². The summed E-state index contributed by atoms with van der Waals surface area (Å²) < 4.78 is 81.4. The van der Waals surface area contributed by atoms with Gasteiger partial charge in [0.25, 0.3) is 0 Å². The molecule has 0 aliphatic carbocycles. The Morgan fingerprint density at radius 2 is 0.310 bits per heavy atom. The van der Waals surface area contributed by atoms with Crippen molar-refractivity contribution in [3.05, 3.63) is 0 Å². The van der Waals surface area contributed by atoms with Crippen molar-refractivity contribution in [3.63, 3.8) is 0 Å². The third kappa shape index (κ3) is 44.2. The van der Waals surface area contributed by atoms with Gasteiger partial charge in [-0.15, -0.1) is 0 Å². The molecule has 0 heterocycles. The Hall–Kier alpha value is 0.644. The predicted molar refractivity (Wildman–Crippen MR) is 372 cm³/mol. The predicted octanol–water partition coefficient (Wildman–Crippen LogP) is 21.9. The minimum absolute atomic E-state index is 0.756. The third-order valence-electron chi connectivity index (χ3n) is 16.5. The van der Waals surface area contributed by atoms with Crippen LogP contribution in [0.1, 0.15) is 301 Å². The topological polar surface area (TPSA) is 102 Å². The summed E-state index contributed by atoms with van der Waals surface area (Å²) in [5.74, 6) is 0. The molecule has 0 N–H and O–H groups in total. The molecule has 0 aromatic heterocycles. The summed E-state index contributed by atoms with van der Waals surface area (Å²) in [4.78, 5) is 0. The summed E-state index contributed by atoms with van der Waals surface area (Å²) in [7, 11) is -15.3. The van der Waals surface area contributed by atoms with E-state index >= 15 is 0 Å². The molecule has 0 fully saturated rings. The van der Waals surface area contributed by atoms with Crippen molar-refractivity contribution in [2.45, 2.75) is 362 Å². The van der Waals surface area contributed by atoms with Gasteiger partial charge in [-0.05, 0) is 170 Å². The van der Waals surface area contributed by atoms with Crippen molar-refractivity contribution in [1.29, 1.82) is 0 Å². The maximum absolute atomic E-state index is 8.85. The van der Waals surface area contributed by atoms with Crippen LogP contribution in [0.4, 0.5) is 0 Å². The molecule has 0 spiro atoms. The van der Waals surface area contributed by atoms with Crippen molar-refractivity contribution < 1.29 is 49.0 Å². The second kappa shape index (κ2) is 59.9. The number of unbranched alkanes of at least 4 members (excludes halogenated alkanes) is 17. The SMILES string of the molecule is CCCCOCCCC[Si](CCCC)(OCCCC)O[Si](CCCC)(CCCCOCCCC)O[Si](CCCC)(CCCCOCCCC)O[Si](CCCC)(CCCCOCCCC)O[Si](CCCC)(CCCCOCCCC)OCCCC. The highest BCUT2D eigenvalue weighted by molar-refractivity contribution is 6.91. The molecular formula is C68H148O11Si5. The fraction of sp³-hybridized carbons (Fsp3) is 1.00. The number of hydrogen-bond acceptors (Lipinski definition) is 11. The summed E-state index contributed by atoms with van der Waals surface area (Å²) in [6.07, 6.45) is 36.9. The van der Waals surface area contributed by atoms with E-state index in [-0.39, 0.29) is 0 Å². The Kier molecular flexibility index (Phi) is 60.4. The van der Waals surface area contributed by atoms with Gasteiger partial charge in [0.1, 0.15) is 0 Å². The molecule has 0 rings (SSSR count). The highest BCUT2D eigenvalue weighted by atomic mass is 28.5. The first kappa shape index (κ1) is 84.6. The maximum Gasteiger partial charge on any atom is 0.329 e. The van der Waals surface area contributed by atoms with Crippen LogP contribution >= 0.6 is 0 Å². The molecule has 0 aromatic carbocycles. The Morgan fingerprint density at radius 1 is 0.155 bits per heavy atom. The van der Waals surface area contributed by atoms with E-state index < -0.39 is 42.8 Å². The lowest BCUT2D eigenvalue weighted by Crippen LogP contribution is -2.65. The average molecular weight is 1280 g/mol. The van der Waals surface area contributed by atoms with E-state index in [0.29, 0.717) is 0 Å². The van der Waals surface area contributed by atoms with E-state index in [0.717, 1.165) is 358 Å². The van der Waals surface area contributed by atoms with Gasteiger partial charge in [-0.2, -0.15) is 0 Å². The van der Waals surface area contributed by atoms with Gasteiger partial charge in [0, 0.05) is 79.3 Å². The van der Waals surface area contributed by atoms with Gasteiger partial charge in [-0.3, -0.25) is 0 Å². The molecule has 0 radical (unpaired) electrons. The van der Waals surface area contributed by atoms with Crippen LogP contribution in [0.2, 0.25) is 60.4 Å². The van der Waals surface area contributed by atoms with Gasteiger partial charge in [-0.1, -0.05) is 192 Å². The van der Waals surface area contributed by atoms with Crippen LogP contribution in [0.25, 0.3) is 0 Å². The summed E-state index contributed by atoms with van der Waals surface area (Å²) >= 11 is 0. The molecule has 0 saturated heterocycles. The minimum Gasteiger partial charge on any atom is -0.415 e. The van der Waals surface area contributed by atoms with Crippen molar-refractivity contribution >= 4 is 42.8 Å². The summed E-state index contributed by atoms with van der Waals surface area (Å²) in [5, 5.41) is 0. The number of ether oxygens (including phenoxy) is 5. The van der Waals surface area contributed by atoms with Gasteiger partial charge in [0.2, 0.25) is 0 Å². The Labute approximate surface area is 530 Å². The van der Waals surface area contributed by atoms with Crippen LogP contribution in [0, 0.1) is 0 Å². The Bertz CT molecular complexity index is 1270. The third-order valence-corrected chi connectivity index (χ3v) is 41.0. The van der Waals surface area contributed by atoms with Crippen LogP contribution in [0.15, 0.2) is 0 Å². The van der Waals surface area contributed by atoms with Gasteiger partial charge < -0.3 is 49.0 Å². The first-order valence-electron chi connectivity index (χ1n) is 37.0. The number of rotatable bonds is 71. The van der Waals surface area contributed by atoms with Gasteiger partial charge in [0.05, 0.1) is 0 Å². The quantitative estimate of drug-likeness (QED) is 0.0430. The van der Waals surface area contributed by atoms with Crippen LogP contribution in [0.5, 0.6) is 0 Å². The van der Waals surface area contributed by atoms with Crippen molar-refractivity contribution in [1.82, 2.24) is 0 Å². The molecule has 0 saturated carbocycles. The molecule has 11 nitrogen and oxygen atoms in total. The van der Waals surface area contributed by atoms with Crippen molar-refractivity contribution in [3.8, 4) is 0 Å². The maximum atomic E-state index is 8.85. The molecule has 0 aromatic rings. The van der Waals surface area contributed by atoms with Crippen LogP contribution in [0.3, 0.4) is 0 Å². The second-order valence-electron chi connectivity index (χ2n) is 25.0. The van der Waals surface area contributed by atoms with E-state index in [1.807, 2.05) is 0 Å². The lowest BCUT2D eigenvalue weighted by Gasteiger charge is -2.50. The van der Waals surface area contributed by atoms with Crippen LogP contribution < -0.4 is 0 Å². The molecule has 16 heteroatoms. The standard InChI is InChI=1S/C68H148O11Si5/c1-13-25-47-69-52-37-42-64-80(59-32-20-8,74-57-30-18-6)76-82(61-34-22-10,66-44-39-54-71-49-27-15-3)78-84(63-36-24-12,68-46-41-56-73-51-29-17-5)79-83(62-35-23-11,67-45-40-55-72-50-28-16-4)77-81(60-33-21-9,75-58-31-19-7)65-43-38-53-70-48-26-14-2/h13-68H2,1-12H3. The van der Waals surface area contributed by atoms with E-state index in [2.05, 4.69) is 83.1 Å². The zero-order valence-corrected chi connectivity index (χ0v) is 63.6. The lowest BCUT2D eigenvalue weighted by atomic mass is 10.3. The van der Waals surface area contributed by atoms with Crippen LogP contribution in [-0.4, -0.2) is 122 Å². The summed E-state index contributed by atoms with van der Waals surface area (Å²) in [6, 6.07) is 9.72. The fourth-order valence-corrected chi connectivity index (χ4v) is 41.7. The Balaban J connectivity index is 8.87.